The van der Waals surface area contributed by atoms with Crippen molar-refractivity contribution in [3.63, 3.8) is 0 Å². The van der Waals surface area contributed by atoms with E-state index in [1.54, 1.807) is 0 Å². The Morgan fingerprint density at radius 2 is 2.18 bits per heavy atom. The molecule has 1 nitrogen and oxygen atoms in total. The van der Waals surface area contributed by atoms with Crippen molar-refractivity contribution in [1.82, 2.24) is 4.90 Å². The van der Waals surface area contributed by atoms with Crippen LogP contribution >= 0.6 is 11.8 Å². The topological polar surface area (TPSA) is 3.24 Å². The molecule has 2 fully saturated rings. The van der Waals surface area contributed by atoms with Gasteiger partial charge in [-0.2, -0.15) is 11.8 Å². The van der Waals surface area contributed by atoms with Gasteiger partial charge in [-0.3, -0.25) is 4.90 Å². The number of hydrogen-bond donors (Lipinski definition) is 0. The van der Waals surface area contributed by atoms with E-state index in [4.69, 9.17) is 0 Å². The number of fused-ring (bicyclic) bond motifs is 1. The average molecular weight is 171 g/mol. The van der Waals surface area contributed by atoms with Crippen LogP contribution in [0.3, 0.4) is 0 Å². The van der Waals surface area contributed by atoms with Crippen LogP contribution in [-0.2, 0) is 0 Å². The first-order valence-corrected chi connectivity index (χ1v) is 5.71. The molecular weight excluding hydrogens is 154 g/mol. The fraction of sp³-hybridized carbons (Fsp3) is 1.00. The molecule has 1 saturated carbocycles. The second-order valence-corrected chi connectivity index (χ2v) is 5.23. The van der Waals surface area contributed by atoms with Crippen molar-refractivity contribution in [2.45, 2.75) is 44.0 Å². The molecular formula is C9H17NS. The van der Waals surface area contributed by atoms with Crippen molar-refractivity contribution in [2.75, 3.05) is 12.3 Å². The van der Waals surface area contributed by atoms with Crippen molar-refractivity contribution in [3.05, 3.63) is 0 Å². The minimum Gasteiger partial charge on any atom is -0.296 e. The summed E-state index contributed by atoms with van der Waals surface area (Å²) in [5.41, 5.74) is 0. The molecule has 1 saturated heterocycles. The van der Waals surface area contributed by atoms with E-state index in [1.165, 1.54) is 25.1 Å². The van der Waals surface area contributed by atoms with Crippen molar-refractivity contribution < 1.29 is 0 Å². The average Bonchev–Trinajstić information content (AvgIpc) is 1.90. The smallest absolute Gasteiger partial charge is 0.0218 e. The quantitative estimate of drug-likeness (QED) is 0.593. The van der Waals surface area contributed by atoms with E-state index >= 15 is 0 Å². The summed E-state index contributed by atoms with van der Waals surface area (Å²) in [5, 5.41) is 0.992. The lowest BCUT2D eigenvalue weighted by Gasteiger charge is -2.49. The maximum atomic E-state index is 2.69. The van der Waals surface area contributed by atoms with Crippen LogP contribution in [0.5, 0.6) is 0 Å². The molecule has 64 valence electrons. The first-order valence-electron chi connectivity index (χ1n) is 4.66. The van der Waals surface area contributed by atoms with Crippen molar-refractivity contribution in [2.24, 2.45) is 0 Å². The lowest BCUT2D eigenvalue weighted by Crippen LogP contribution is -2.55. The number of thioether (sulfide) groups is 1. The van der Waals surface area contributed by atoms with Gasteiger partial charge in [-0.15, -0.1) is 0 Å². The summed E-state index contributed by atoms with van der Waals surface area (Å²) in [6.07, 6.45) is 2.92. The predicted octanol–water partition coefficient (Wildman–Crippen LogP) is 1.97. The van der Waals surface area contributed by atoms with Gasteiger partial charge in [0.15, 0.2) is 0 Å². The zero-order valence-electron chi connectivity index (χ0n) is 7.42. The molecule has 2 aliphatic rings. The fourth-order valence-electron chi connectivity index (χ4n) is 2.14. The van der Waals surface area contributed by atoms with Crippen LogP contribution in [0.15, 0.2) is 0 Å². The molecule has 0 bridgehead atoms. The Balaban J connectivity index is 1.98. The SMILES string of the molecule is CC(C)N1CCSC2CCC21. The third-order valence-corrected chi connectivity index (χ3v) is 4.34. The van der Waals surface area contributed by atoms with E-state index in [1.807, 2.05) is 0 Å². The van der Waals surface area contributed by atoms with E-state index in [0.717, 1.165) is 17.3 Å². The highest BCUT2D eigenvalue weighted by Gasteiger charge is 2.39. The van der Waals surface area contributed by atoms with Crippen LogP contribution in [-0.4, -0.2) is 34.5 Å². The first kappa shape index (κ1) is 7.93. The molecule has 0 aromatic rings. The third-order valence-electron chi connectivity index (χ3n) is 2.95. The van der Waals surface area contributed by atoms with Crippen molar-refractivity contribution in [1.29, 1.82) is 0 Å². The number of rotatable bonds is 1. The largest absolute Gasteiger partial charge is 0.296 e. The normalized spacial score (nSPS) is 38.5. The highest BCUT2D eigenvalue weighted by molar-refractivity contribution is 8.00. The molecule has 2 atom stereocenters. The Morgan fingerprint density at radius 1 is 1.36 bits per heavy atom. The summed E-state index contributed by atoms with van der Waals surface area (Å²) in [6, 6.07) is 1.71. The Labute approximate surface area is 73.5 Å². The van der Waals surface area contributed by atoms with Gasteiger partial charge in [0.25, 0.3) is 0 Å². The molecule has 0 radical (unpaired) electrons. The Bertz CT molecular complexity index is 146. The van der Waals surface area contributed by atoms with Gasteiger partial charge in [-0.05, 0) is 26.7 Å². The van der Waals surface area contributed by atoms with Gasteiger partial charge < -0.3 is 0 Å². The molecule has 1 aliphatic heterocycles. The standard InChI is InChI=1S/C9H17NS/c1-7(2)10-5-6-11-9-4-3-8(9)10/h7-9H,3-6H2,1-2H3. The summed E-state index contributed by atoms with van der Waals surface area (Å²) in [6.45, 7) is 5.97. The van der Waals surface area contributed by atoms with Crippen molar-refractivity contribution in [3.8, 4) is 0 Å². The lowest BCUT2D eigenvalue weighted by atomic mass is 9.89. The van der Waals surface area contributed by atoms with Crippen LogP contribution in [0.4, 0.5) is 0 Å². The minimum absolute atomic E-state index is 0.767. The molecule has 0 aromatic heterocycles. The number of nitrogens with zero attached hydrogens (tertiary/aromatic N) is 1. The summed E-state index contributed by atoms with van der Waals surface area (Å²) in [4.78, 5) is 2.69. The van der Waals surface area contributed by atoms with Crippen LogP contribution < -0.4 is 0 Å². The van der Waals surface area contributed by atoms with E-state index in [2.05, 4.69) is 30.5 Å². The van der Waals surface area contributed by atoms with Crippen LogP contribution in [0.1, 0.15) is 26.7 Å². The zero-order chi connectivity index (χ0) is 7.84. The summed E-state index contributed by atoms with van der Waals surface area (Å²) in [7, 11) is 0. The Morgan fingerprint density at radius 3 is 2.64 bits per heavy atom. The van der Waals surface area contributed by atoms with E-state index in [0.29, 0.717) is 0 Å². The summed E-state index contributed by atoms with van der Waals surface area (Å²) in [5.74, 6) is 1.36. The minimum atomic E-state index is 0.767. The van der Waals surface area contributed by atoms with E-state index < -0.39 is 0 Å². The molecule has 2 heteroatoms. The monoisotopic (exact) mass is 171 g/mol. The molecule has 0 spiro atoms. The van der Waals surface area contributed by atoms with Gasteiger partial charge in [-0.25, -0.2) is 0 Å². The van der Waals surface area contributed by atoms with Gasteiger partial charge in [0.1, 0.15) is 0 Å². The molecule has 0 aromatic carbocycles. The van der Waals surface area contributed by atoms with E-state index in [-0.39, 0.29) is 0 Å². The first-order chi connectivity index (χ1) is 5.29. The van der Waals surface area contributed by atoms with Gasteiger partial charge in [-0.1, -0.05) is 0 Å². The van der Waals surface area contributed by atoms with Crippen LogP contribution in [0.25, 0.3) is 0 Å². The zero-order valence-corrected chi connectivity index (χ0v) is 8.23. The van der Waals surface area contributed by atoms with Gasteiger partial charge in [0, 0.05) is 29.6 Å². The second kappa shape index (κ2) is 2.98. The maximum absolute atomic E-state index is 2.69. The molecule has 11 heavy (non-hydrogen) atoms. The highest BCUT2D eigenvalue weighted by Crippen LogP contribution is 2.39. The second-order valence-electron chi connectivity index (χ2n) is 3.89. The lowest BCUT2D eigenvalue weighted by molar-refractivity contribution is 0.101. The van der Waals surface area contributed by atoms with Crippen LogP contribution in [0.2, 0.25) is 0 Å². The Kier molecular flexibility index (Phi) is 2.15. The maximum Gasteiger partial charge on any atom is 0.0218 e. The third kappa shape index (κ3) is 1.31. The van der Waals surface area contributed by atoms with Crippen LogP contribution in [0, 0.1) is 0 Å². The summed E-state index contributed by atoms with van der Waals surface area (Å²) < 4.78 is 0. The molecule has 0 amide bonds. The van der Waals surface area contributed by atoms with Crippen molar-refractivity contribution >= 4 is 11.8 Å². The Hall–Kier alpha value is 0.310. The number of hydrogen-bond acceptors (Lipinski definition) is 2. The van der Waals surface area contributed by atoms with E-state index in [9.17, 15) is 0 Å². The van der Waals surface area contributed by atoms with Gasteiger partial charge >= 0.3 is 0 Å². The predicted molar refractivity (Wildman–Crippen MR) is 51.1 cm³/mol. The molecule has 1 aliphatic carbocycles. The van der Waals surface area contributed by atoms with Gasteiger partial charge in [0.2, 0.25) is 0 Å². The highest BCUT2D eigenvalue weighted by atomic mass is 32.2. The molecule has 2 unspecified atom stereocenters. The molecule has 1 heterocycles. The fourth-order valence-corrected chi connectivity index (χ4v) is 3.58. The summed E-state index contributed by atoms with van der Waals surface area (Å²) >= 11 is 2.19. The molecule has 0 N–H and O–H groups in total. The molecule has 2 rings (SSSR count). The van der Waals surface area contributed by atoms with Gasteiger partial charge in [0.05, 0.1) is 0 Å².